The van der Waals surface area contributed by atoms with E-state index in [0.717, 1.165) is 12.2 Å². The zero-order valence-corrected chi connectivity index (χ0v) is 12.1. The summed E-state index contributed by atoms with van der Waals surface area (Å²) in [7, 11) is 2.10. The lowest BCUT2D eigenvalue weighted by molar-refractivity contribution is -0.122. The molecule has 6 heteroatoms. The van der Waals surface area contributed by atoms with E-state index in [0.29, 0.717) is 0 Å². The van der Waals surface area contributed by atoms with E-state index in [-0.39, 0.29) is 13.1 Å². The average Bonchev–Trinajstić information content (AvgIpc) is 3.09. The highest BCUT2D eigenvalue weighted by atomic mass is 16.3. The van der Waals surface area contributed by atoms with E-state index in [4.69, 9.17) is 15.0 Å². The first-order chi connectivity index (χ1) is 9.67. The fourth-order valence-corrected chi connectivity index (χ4v) is 1.48. The molecule has 1 aromatic heterocycles. The highest BCUT2D eigenvalue weighted by Gasteiger charge is 2.05. The van der Waals surface area contributed by atoms with Crippen LogP contribution in [-0.4, -0.2) is 46.7 Å². The molecule has 0 atom stereocenters. The average molecular weight is 284 g/mol. The second kappa shape index (κ2) is 12.1. The fourth-order valence-electron chi connectivity index (χ4n) is 1.48. The smallest absolute Gasteiger partial charge is 0.290 e. The minimum atomic E-state index is -0.250. The van der Waals surface area contributed by atoms with E-state index in [1.165, 1.54) is 31.9 Å². The fraction of sp³-hybridized carbons (Fsp3) is 0.500. The maximum Gasteiger partial charge on any atom is 0.290 e. The molecule has 0 amide bonds. The van der Waals surface area contributed by atoms with Crippen molar-refractivity contribution in [3.63, 3.8) is 0 Å². The minimum absolute atomic E-state index is 0.0660. The van der Waals surface area contributed by atoms with E-state index < -0.39 is 0 Å². The minimum Gasteiger partial charge on any atom is -0.483 e. The predicted octanol–water partition coefficient (Wildman–Crippen LogP) is 1.94. The van der Waals surface area contributed by atoms with Gasteiger partial charge in [0.1, 0.15) is 0 Å². The summed E-state index contributed by atoms with van der Waals surface area (Å²) >= 11 is 0. The SMILES string of the molecule is CCCCN1C=CN(C)C1.O=CO.OCc1ccoc1. The maximum atomic E-state index is 8.37. The summed E-state index contributed by atoms with van der Waals surface area (Å²) in [6.45, 7) is 4.32. The quantitative estimate of drug-likeness (QED) is 0.823. The number of furan rings is 1. The first kappa shape index (κ1) is 18.0. The molecule has 114 valence electrons. The van der Waals surface area contributed by atoms with Crippen molar-refractivity contribution in [2.24, 2.45) is 0 Å². The normalized spacial score (nSPS) is 12.3. The van der Waals surface area contributed by atoms with Gasteiger partial charge >= 0.3 is 0 Å². The van der Waals surface area contributed by atoms with Crippen molar-refractivity contribution in [3.8, 4) is 0 Å². The zero-order valence-electron chi connectivity index (χ0n) is 12.1. The van der Waals surface area contributed by atoms with Crippen molar-refractivity contribution in [1.82, 2.24) is 9.80 Å². The van der Waals surface area contributed by atoms with Gasteiger partial charge in [-0.15, -0.1) is 0 Å². The molecule has 0 aromatic carbocycles. The number of aliphatic hydroxyl groups is 1. The molecule has 1 aliphatic heterocycles. The molecular formula is C14H24N2O4. The van der Waals surface area contributed by atoms with Gasteiger partial charge in [-0.25, -0.2) is 0 Å². The summed E-state index contributed by atoms with van der Waals surface area (Å²) < 4.78 is 4.65. The monoisotopic (exact) mass is 284 g/mol. The molecule has 2 heterocycles. The second-order valence-corrected chi connectivity index (χ2v) is 4.26. The Morgan fingerprint density at radius 2 is 2.15 bits per heavy atom. The lowest BCUT2D eigenvalue weighted by atomic mass is 10.3. The van der Waals surface area contributed by atoms with Gasteiger partial charge in [-0.1, -0.05) is 13.3 Å². The van der Waals surface area contributed by atoms with Crippen molar-refractivity contribution >= 4 is 6.47 Å². The van der Waals surface area contributed by atoms with Crippen LogP contribution in [0.3, 0.4) is 0 Å². The first-order valence-corrected chi connectivity index (χ1v) is 6.50. The molecular weight excluding hydrogens is 260 g/mol. The highest BCUT2D eigenvalue weighted by Crippen LogP contribution is 2.04. The second-order valence-electron chi connectivity index (χ2n) is 4.26. The van der Waals surface area contributed by atoms with Gasteiger partial charge in [0.15, 0.2) is 0 Å². The van der Waals surface area contributed by atoms with Crippen LogP contribution in [0.1, 0.15) is 25.3 Å². The molecule has 2 rings (SSSR count). The summed E-state index contributed by atoms with van der Waals surface area (Å²) in [4.78, 5) is 12.9. The van der Waals surface area contributed by atoms with Gasteiger partial charge in [-0.2, -0.15) is 0 Å². The molecule has 0 spiro atoms. The van der Waals surface area contributed by atoms with Crippen LogP contribution in [0.25, 0.3) is 0 Å². The Kier molecular flexibility index (Phi) is 10.9. The summed E-state index contributed by atoms with van der Waals surface area (Å²) in [5, 5.41) is 15.3. The Morgan fingerprint density at radius 3 is 2.50 bits per heavy atom. The summed E-state index contributed by atoms with van der Waals surface area (Å²) in [5.41, 5.74) is 0.819. The van der Waals surface area contributed by atoms with Crippen LogP contribution in [0, 0.1) is 0 Å². The van der Waals surface area contributed by atoms with Gasteiger partial charge in [0.05, 0.1) is 25.8 Å². The van der Waals surface area contributed by atoms with Gasteiger partial charge in [-0.3, -0.25) is 4.79 Å². The van der Waals surface area contributed by atoms with E-state index in [1.54, 1.807) is 6.07 Å². The van der Waals surface area contributed by atoms with Crippen molar-refractivity contribution in [3.05, 3.63) is 36.6 Å². The topological polar surface area (TPSA) is 77.2 Å². The molecule has 0 bridgehead atoms. The van der Waals surface area contributed by atoms with E-state index in [1.807, 2.05) is 0 Å². The number of aliphatic hydroxyl groups excluding tert-OH is 1. The number of carbonyl (C=O) groups is 1. The molecule has 1 aliphatic rings. The molecule has 0 unspecified atom stereocenters. The number of rotatable bonds is 4. The third kappa shape index (κ3) is 9.04. The summed E-state index contributed by atoms with van der Waals surface area (Å²) in [6.07, 6.45) is 9.92. The Bertz CT molecular complexity index is 352. The van der Waals surface area contributed by atoms with Gasteiger partial charge in [0.25, 0.3) is 6.47 Å². The zero-order chi connectivity index (χ0) is 15.2. The van der Waals surface area contributed by atoms with Crippen LogP contribution in [0.15, 0.2) is 35.4 Å². The third-order valence-corrected chi connectivity index (χ3v) is 2.50. The highest BCUT2D eigenvalue weighted by molar-refractivity contribution is 5.32. The third-order valence-electron chi connectivity index (χ3n) is 2.50. The number of unbranched alkanes of at least 4 members (excludes halogenated alkanes) is 1. The van der Waals surface area contributed by atoms with Crippen LogP contribution in [-0.2, 0) is 11.4 Å². The van der Waals surface area contributed by atoms with E-state index in [9.17, 15) is 0 Å². The van der Waals surface area contributed by atoms with Crippen molar-refractivity contribution in [2.45, 2.75) is 26.4 Å². The Labute approximate surface area is 119 Å². The molecule has 0 radical (unpaired) electrons. The van der Waals surface area contributed by atoms with Crippen LogP contribution >= 0.6 is 0 Å². The maximum absolute atomic E-state index is 8.37. The van der Waals surface area contributed by atoms with Crippen molar-refractivity contribution in [1.29, 1.82) is 0 Å². The van der Waals surface area contributed by atoms with Crippen LogP contribution < -0.4 is 0 Å². The Balaban J connectivity index is 0.000000315. The van der Waals surface area contributed by atoms with Crippen LogP contribution in [0.5, 0.6) is 0 Å². The number of hydrogen-bond donors (Lipinski definition) is 2. The van der Waals surface area contributed by atoms with Gasteiger partial charge in [-0.05, 0) is 12.5 Å². The van der Waals surface area contributed by atoms with Gasteiger partial charge in [0.2, 0.25) is 0 Å². The van der Waals surface area contributed by atoms with Crippen LogP contribution in [0.2, 0.25) is 0 Å². The predicted molar refractivity (Wildman–Crippen MR) is 76.7 cm³/mol. The molecule has 20 heavy (non-hydrogen) atoms. The molecule has 0 aliphatic carbocycles. The standard InChI is InChI=1S/C8H16N2.C5H6O2.CH2O2/c1-3-4-5-10-7-6-9(2)8-10;6-3-5-1-2-7-4-5;2-1-3/h6-7H,3-5,8H2,1-2H3;1-2,4,6H,3H2;1H,(H,2,3). The number of nitrogens with zero attached hydrogens (tertiary/aromatic N) is 2. The molecule has 0 saturated carbocycles. The number of carboxylic acid groups (broad SMARTS) is 1. The molecule has 0 fully saturated rings. The van der Waals surface area contributed by atoms with E-state index >= 15 is 0 Å². The Hall–Kier alpha value is -1.95. The lowest BCUT2D eigenvalue weighted by Gasteiger charge is -2.17. The van der Waals surface area contributed by atoms with E-state index in [2.05, 4.69) is 40.6 Å². The Morgan fingerprint density at radius 1 is 1.45 bits per heavy atom. The van der Waals surface area contributed by atoms with Gasteiger partial charge in [0, 0.05) is 31.6 Å². The summed E-state index contributed by atoms with van der Waals surface area (Å²) in [5.74, 6) is 0. The first-order valence-electron chi connectivity index (χ1n) is 6.50. The lowest BCUT2D eigenvalue weighted by Crippen LogP contribution is -2.23. The van der Waals surface area contributed by atoms with Crippen LogP contribution in [0.4, 0.5) is 0 Å². The van der Waals surface area contributed by atoms with Crippen molar-refractivity contribution < 1.29 is 19.4 Å². The molecule has 2 N–H and O–H groups in total. The largest absolute Gasteiger partial charge is 0.483 e. The number of hydrogen-bond acceptors (Lipinski definition) is 5. The molecule has 0 saturated heterocycles. The van der Waals surface area contributed by atoms with Crippen molar-refractivity contribution in [2.75, 3.05) is 20.3 Å². The summed E-state index contributed by atoms with van der Waals surface area (Å²) in [6, 6.07) is 1.72. The molecule has 6 nitrogen and oxygen atoms in total. The molecule has 1 aromatic rings. The van der Waals surface area contributed by atoms with Gasteiger partial charge < -0.3 is 24.4 Å².